The summed E-state index contributed by atoms with van der Waals surface area (Å²) in [5.41, 5.74) is 9.06. The second-order valence-electron chi connectivity index (χ2n) is 4.34. The van der Waals surface area contributed by atoms with Gasteiger partial charge in [-0.2, -0.15) is 0 Å². The number of pyridine rings is 1. The number of allylic oxidation sites excluding steroid dienone is 1. The summed E-state index contributed by atoms with van der Waals surface area (Å²) in [4.78, 5) is 16.4. The number of hydrogen-bond acceptors (Lipinski definition) is 3. The lowest BCUT2D eigenvalue weighted by Gasteiger charge is -2.08. The first-order valence-corrected chi connectivity index (χ1v) is 5.66. The van der Waals surface area contributed by atoms with Crippen LogP contribution in [0.3, 0.4) is 0 Å². The average molecular weight is 244 g/mol. The fourth-order valence-corrected chi connectivity index (χ4v) is 1.76. The van der Waals surface area contributed by atoms with Gasteiger partial charge in [-0.15, -0.1) is 0 Å². The lowest BCUT2D eigenvalue weighted by atomic mass is 10.3. The van der Waals surface area contributed by atoms with Crippen molar-refractivity contribution in [1.29, 1.82) is 0 Å². The van der Waals surface area contributed by atoms with Crippen molar-refractivity contribution in [3.63, 3.8) is 0 Å². The largest absolute Gasteiger partial charge is 0.303 e. The van der Waals surface area contributed by atoms with E-state index in [1.807, 2.05) is 32.2 Å². The third-order valence-electron chi connectivity index (χ3n) is 2.56. The van der Waals surface area contributed by atoms with Crippen LogP contribution in [0.4, 0.5) is 0 Å². The van der Waals surface area contributed by atoms with E-state index in [2.05, 4.69) is 22.4 Å². The van der Waals surface area contributed by atoms with Gasteiger partial charge in [-0.3, -0.25) is 14.6 Å². The Hall–Kier alpha value is -2.30. The maximum atomic E-state index is 12.1. The summed E-state index contributed by atoms with van der Waals surface area (Å²) in [6, 6.07) is 3.88. The fraction of sp³-hybridized carbons (Fsp3) is 0.231. The van der Waals surface area contributed by atoms with Gasteiger partial charge in [0.1, 0.15) is 11.3 Å². The molecule has 0 bridgehead atoms. The molecule has 0 unspecified atom stereocenters. The smallest absolute Gasteiger partial charge is 0.288 e. The molecule has 5 heteroatoms. The van der Waals surface area contributed by atoms with Crippen LogP contribution in [0.5, 0.6) is 0 Å². The van der Waals surface area contributed by atoms with Gasteiger partial charge in [-0.25, -0.2) is 4.98 Å². The lowest BCUT2D eigenvalue weighted by molar-refractivity contribution is 0.0932. The van der Waals surface area contributed by atoms with Crippen LogP contribution in [0, 0.1) is 13.8 Å². The third-order valence-corrected chi connectivity index (χ3v) is 2.56. The molecule has 5 nitrogen and oxygen atoms in total. The van der Waals surface area contributed by atoms with E-state index in [-0.39, 0.29) is 5.91 Å². The number of imidazole rings is 1. The standard InChI is InChI=1S/C13H16N4O/c1-8(2)15-16-13(18)12-10(4)14-11-7-9(3)5-6-17(11)12/h5-7,15H,1H2,2-4H3,(H,16,18). The molecule has 94 valence electrons. The molecule has 0 radical (unpaired) electrons. The Bertz CT molecular complexity index is 627. The predicted octanol–water partition coefficient (Wildman–Crippen LogP) is 1.72. The minimum Gasteiger partial charge on any atom is -0.303 e. The molecule has 0 aliphatic rings. The van der Waals surface area contributed by atoms with Crippen molar-refractivity contribution in [2.75, 3.05) is 0 Å². The number of aryl methyl sites for hydroxylation is 2. The number of nitrogens with one attached hydrogen (secondary N) is 2. The van der Waals surface area contributed by atoms with Gasteiger partial charge in [-0.05, 0) is 38.5 Å². The molecule has 2 rings (SSSR count). The van der Waals surface area contributed by atoms with Crippen molar-refractivity contribution >= 4 is 11.6 Å². The monoisotopic (exact) mass is 244 g/mol. The highest BCUT2D eigenvalue weighted by molar-refractivity contribution is 5.94. The van der Waals surface area contributed by atoms with Crippen molar-refractivity contribution < 1.29 is 4.79 Å². The van der Waals surface area contributed by atoms with E-state index >= 15 is 0 Å². The van der Waals surface area contributed by atoms with Gasteiger partial charge < -0.3 is 5.43 Å². The Morgan fingerprint density at radius 2 is 2.11 bits per heavy atom. The Kier molecular flexibility index (Phi) is 3.06. The molecule has 0 spiro atoms. The number of amides is 1. The first-order chi connectivity index (χ1) is 8.49. The van der Waals surface area contributed by atoms with Gasteiger partial charge in [0.05, 0.1) is 5.69 Å². The molecule has 2 N–H and O–H groups in total. The Morgan fingerprint density at radius 1 is 1.39 bits per heavy atom. The van der Waals surface area contributed by atoms with Crippen LogP contribution in [0.25, 0.3) is 5.65 Å². The van der Waals surface area contributed by atoms with Crippen molar-refractivity contribution in [2.24, 2.45) is 0 Å². The molecule has 1 amide bonds. The summed E-state index contributed by atoms with van der Waals surface area (Å²) in [5.74, 6) is -0.230. The van der Waals surface area contributed by atoms with Gasteiger partial charge >= 0.3 is 0 Å². The zero-order valence-electron chi connectivity index (χ0n) is 10.7. The van der Waals surface area contributed by atoms with E-state index in [9.17, 15) is 4.79 Å². The van der Waals surface area contributed by atoms with Crippen LogP contribution in [0.15, 0.2) is 30.6 Å². The molecule has 18 heavy (non-hydrogen) atoms. The lowest BCUT2D eigenvalue weighted by Crippen LogP contribution is -2.36. The Balaban J connectivity index is 2.41. The number of rotatable bonds is 3. The minimum atomic E-state index is -0.230. The SMILES string of the molecule is C=C(C)NNC(=O)c1c(C)nc2cc(C)ccn12. The number of nitrogens with zero attached hydrogens (tertiary/aromatic N) is 2. The van der Waals surface area contributed by atoms with Crippen LogP contribution in [0.1, 0.15) is 28.7 Å². The third kappa shape index (κ3) is 2.20. The summed E-state index contributed by atoms with van der Waals surface area (Å²) in [6.45, 7) is 9.24. The molecule has 2 heterocycles. The van der Waals surface area contributed by atoms with Crippen molar-refractivity contribution in [3.05, 3.63) is 47.6 Å². The highest BCUT2D eigenvalue weighted by Crippen LogP contribution is 2.13. The molecule has 0 atom stereocenters. The van der Waals surface area contributed by atoms with Gasteiger partial charge in [0.15, 0.2) is 0 Å². The molecule has 2 aromatic heterocycles. The van der Waals surface area contributed by atoms with Gasteiger partial charge in [-0.1, -0.05) is 6.58 Å². The molecule has 0 fully saturated rings. The van der Waals surface area contributed by atoms with E-state index in [0.717, 1.165) is 11.2 Å². The predicted molar refractivity (Wildman–Crippen MR) is 70.1 cm³/mol. The summed E-state index contributed by atoms with van der Waals surface area (Å²) in [5, 5.41) is 0. The number of carbonyl (C=O) groups excluding carboxylic acids is 1. The number of hydrazine groups is 1. The van der Waals surface area contributed by atoms with Crippen LogP contribution >= 0.6 is 0 Å². The topological polar surface area (TPSA) is 58.4 Å². The molecule has 0 saturated carbocycles. The molecule has 0 saturated heterocycles. The summed E-state index contributed by atoms with van der Waals surface area (Å²) >= 11 is 0. The maximum Gasteiger partial charge on any atom is 0.288 e. The van der Waals surface area contributed by atoms with Gasteiger partial charge in [0.25, 0.3) is 5.91 Å². The van der Waals surface area contributed by atoms with E-state index in [4.69, 9.17) is 0 Å². The second-order valence-corrected chi connectivity index (χ2v) is 4.34. The highest BCUT2D eigenvalue weighted by Gasteiger charge is 2.16. The Morgan fingerprint density at radius 3 is 2.78 bits per heavy atom. The van der Waals surface area contributed by atoms with E-state index in [0.29, 0.717) is 17.1 Å². The first-order valence-electron chi connectivity index (χ1n) is 5.66. The van der Waals surface area contributed by atoms with Crippen molar-refractivity contribution in [2.45, 2.75) is 20.8 Å². The maximum absolute atomic E-state index is 12.1. The van der Waals surface area contributed by atoms with Crippen LogP contribution in [-0.4, -0.2) is 15.3 Å². The Labute approximate surface area is 106 Å². The van der Waals surface area contributed by atoms with Crippen molar-refractivity contribution in [1.82, 2.24) is 20.2 Å². The number of aromatic nitrogens is 2. The summed E-state index contributed by atoms with van der Waals surface area (Å²) in [6.07, 6.45) is 1.85. The highest BCUT2D eigenvalue weighted by atomic mass is 16.2. The number of carbonyl (C=O) groups is 1. The summed E-state index contributed by atoms with van der Waals surface area (Å²) in [7, 11) is 0. The van der Waals surface area contributed by atoms with E-state index in [1.54, 1.807) is 11.3 Å². The summed E-state index contributed by atoms with van der Waals surface area (Å²) < 4.78 is 1.78. The second kappa shape index (κ2) is 4.52. The minimum absolute atomic E-state index is 0.230. The molecule has 0 aromatic carbocycles. The van der Waals surface area contributed by atoms with Crippen molar-refractivity contribution in [3.8, 4) is 0 Å². The molecule has 0 aliphatic carbocycles. The normalized spacial score (nSPS) is 10.4. The number of hydrogen-bond donors (Lipinski definition) is 2. The average Bonchev–Trinajstić information content (AvgIpc) is 2.61. The molecular weight excluding hydrogens is 228 g/mol. The zero-order valence-corrected chi connectivity index (χ0v) is 10.7. The fourth-order valence-electron chi connectivity index (χ4n) is 1.76. The molecule has 2 aromatic rings. The quantitative estimate of drug-likeness (QED) is 0.808. The van der Waals surface area contributed by atoms with E-state index in [1.165, 1.54) is 0 Å². The molecular formula is C13H16N4O. The van der Waals surface area contributed by atoms with Gasteiger partial charge in [0.2, 0.25) is 0 Å². The van der Waals surface area contributed by atoms with E-state index < -0.39 is 0 Å². The zero-order chi connectivity index (χ0) is 13.3. The van der Waals surface area contributed by atoms with Crippen LogP contribution in [0.2, 0.25) is 0 Å². The molecule has 0 aliphatic heterocycles. The number of fused-ring (bicyclic) bond motifs is 1. The van der Waals surface area contributed by atoms with Crippen LogP contribution < -0.4 is 10.9 Å². The van der Waals surface area contributed by atoms with Crippen LogP contribution in [-0.2, 0) is 0 Å². The first kappa shape index (κ1) is 12.2. The van der Waals surface area contributed by atoms with Gasteiger partial charge in [0, 0.05) is 11.9 Å².